The highest BCUT2D eigenvalue weighted by molar-refractivity contribution is 5.22. The fourth-order valence-corrected chi connectivity index (χ4v) is 15.0. The minimum absolute atomic E-state index is 0.324. The van der Waals surface area contributed by atoms with Crippen LogP contribution in [0.5, 0.6) is 0 Å². The zero-order valence-electron chi connectivity index (χ0n) is 31.8. The number of allylic oxidation sites excluding steroid dienone is 7. The van der Waals surface area contributed by atoms with Crippen LogP contribution in [-0.2, 0) is 0 Å². The van der Waals surface area contributed by atoms with E-state index in [-0.39, 0.29) is 0 Å². The lowest BCUT2D eigenvalue weighted by molar-refractivity contribution is -0.0766. The molecule has 12 unspecified atom stereocenters. The molecule has 0 aromatic rings. The van der Waals surface area contributed by atoms with Crippen LogP contribution in [0.15, 0.2) is 48.6 Å². The SMILES string of the molecule is N#CC1CCC(C2CCC3C4C=CC(C5NC(C6CC=CCC6)NC(C6CC=CCC6)N5)CC4C(C4CC=CCC4)(C4CCCCC4)C3C2)CC1. The van der Waals surface area contributed by atoms with E-state index in [1.54, 1.807) is 0 Å². The van der Waals surface area contributed by atoms with E-state index in [9.17, 15) is 5.26 Å². The third kappa shape index (κ3) is 6.71. The Balaban J connectivity index is 1.04. The van der Waals surface area contributed by atoms with Crippen molar-refractivity contribution < 1.29 is 0 Å². The van der Waals surface area contributed by atoms with Gasteiger partial charge in [0.25, 0.3) is 0 Å². The lowest BCUT2D eigenvalue weighted by atomic mass is 9.48. The summed E-state index contributed by atoms with van der Waals surface area (Å²) in [6, 6.07) is 2.64. The summed E-state index contributed by atoms with van der Waals surface area (Å²) in [6.07, 6.45) is 51.4. The van der Waals surface area contributed by atoms with E-state index in [0.717, 1.165) is 60.2 Å². The number of fused-ring (bicyclic) bond motifs is 3. The van der Waals surface area contributed by atoms with Crippen LogP contribution >= 0.6 is 0 Å². The second-order valence-electron chi connectivity index (χ2n) is 19.4. The Morgan fingerprint density at radius 3 is 1.78 bits per heavy atom. The molecular formula is C47H70N4. The highest BCUT2D eigenvalue weighted by atomic mass is 15.4. The topological polar surface area (TPSA) is 59.9 Å². The van der Waals surface area contributed by atoms with Crippen molar-refractivity contribution in [3.8, 4) is 6.07 Å². The Labute approximate surface area is 311 Å². The van der Waals surface area contributed by atoms with Gasteiger partial charge < -0.3 is 0 Å². The van der Waals surface area contributed by atoms with E-state index >= 15 is 0 Å². The number of hydrogen-bond donors (Lipinski definition) is 3. The van der Waals surface area contributed by atoms with E-state index in [0.29, 0.717) is 47.6 Å². The smallest absolute Gasteiger partial charge is 0.0660 e. The summed E-state index contributed by atoms with van der Waals surface area (Å²) in [5.74, 6) is 9.24. The summed E-state index contributed by atoms with van der Waals surface area (Å²) in [7, 11) is 0. The van der Waals surface area contributed by atoms with Gasteiger partial charge in [0.05, 0.1) is 24.6 Å². The van der Waals surface area contributed by atoms with Crippen LogP contribution in [-0.4, -0.2) is 18.5 Å². The maximum Gasteiger partial charge on any atom is 0.0660 e. The van der Waals surface area contributed by atoms with Crippen LogP contribution in [0.3, 0.4) is 0 Å². The van der Waals surface area contributed by atoms with Gasteiger partial charge in [-0.2, -0.15) is 5.26 Å². The Bertz CT molecular complexity index is 1310. The van der Waals surface area contributed by atoms with E-state index in [1.165, 1.54) is 128 Å². The second kappa shape index (κ2) is 15.6. The molecule has 0 spiro atoms. The second-order valence-corrected chi connectivity index (χ2v) is 19.4. The molecule has 8 aliphatic carbocycles. The monoisotopic (exact) mass is 691 g/mol. The molecule has 3 N–H and O–H groups in total. The Kier molecular flexibility index (Phi) is 10.7. The molecule has 0 radical (unpaired) electrons. The average Bonchev–Trinajstić information content (AvgIpc) is 3.51. The fraction of sp³-hybridized carbons (Fsp3) is 0.809. The summed E-state index contributed by atoms with van der Waals surface area (Å²) < 4.78 is 0. The first kappa shape index (κ1) is 35.1. The molecule has 0 aromatic carbocycles. The molecule has 0 amide bonds. The van der Waals surface area contributed by atoms with Crippen LogP contribution in [0.4, 0.5) is 0 Å². The standard InChI is InChI=1S/C47H70N4/c48-31-32-21-23-33(24-22-32)36-25-27-40-41-28-26-37(46-50-44(34-13-5-1-6-14-34)49-45(51-46)35-15-7-2-8-16-35)30-43(41)47(42(40)29-36,38-17-9-3-10-18-38)39-19-11-4-12-20-39/h1-3,5,7,9,26,28,32-46,49-51H,4,6,8,10-25,27,29-30H2. The highest BCUT2D eigenvalue weighted by Crippen LogP contribution is 2.72. The summed E-state index contributed by atoms with van der Waals surface area (Å²) in [6.45, 7) is 0. The average molecular weight is 691 g/mol. The quantitative estimate of drug-likeness (QED) is 0.243. The van der Waals surface area contributed by atoms with Crippen molar-refractivity contribution in [2.24, 2.45) is 76.4 Å². The van der Waals surface area contributed by atoms with Crippen LogP contribution in [0.1, 0.15) is 141 Å². The van der Waals surface area contributed by atoms with E-state index < -0.39 is 0 Å². The molecule has 1 saturated heterocycles. The third-order valence-corrected chi connectivity index (χ3v) is 17.3. The predicted molar refractivity (Wildman–Crippen MR) is 209 cm³/mol. The van der Waals surface area contributed by atoms with E-state index in [4.69, 9.17) is 0 Å². The first-order chi connectivity index (χ1) is 25.2. The molecule has 9 rings (SSSR count). The summed E-state index contributed by atoms with van der Waals surface area (Å²) >= 11 is 0. The molecule has 5 fully saturated rings. The molecule has 12 atom stereocenters. The van der Waals surface area contributed by atoms with Gasteiger partial charge in [0, 0.05) is 11.8 Å². The van der Waals surface area contributed by atoms with Crippen molar-refractivity contribution in [1.29, 1.82) is 5.26 Å². The summed E-state index contributed by atoms with van der Waals surface area (Å²) in [5.41, 5.74) is 0.500. The fourth-order valence-electron chi connectivity index (χ4n) is 15.0. The minimum Gasteiger partial charge on any atom is -0.286 e. The lowest BCUT2D eigenvalue weighted by Gasteiger charge is -2.57. The van der Waals surface area contributed by atoms with Crippen molar-refractivity contribution in [3.63, 3.8) is 0 Å². The van der Waals surface area contributed by atoms with Gasteiger partial charge in [-0.1, -0.05) is 67.9 Å². The molecule has 0 aromatic heterocycles. The molecule has 1 aliphatic heterocycles. The molecule has 51 heavy (non-hydrogen) atoms. The van der Waals surface area contributed by atoms with Gasteiger partial charge in [0.2, 0.25) is 0 Å². The van der Waals surface area contributed by atoms with Crippen molar-refractivity contribution >= 4 is 0 Å². The van der Waals surface area contributed by atoms with E-state index in [2.05, 4.69) is 70.6 Å². The van der Waals surface area contributed by atoms with Crippen LogP contribution in [0, 0.1) is 87.8 Å². The maximum absolute atomic E-state index is 9.68. The normalized spacial score (nSPS) is 48.8. The lowest BCUT2D eigenvalue weighted by Crippen LogP contribution is -2.72. The van der Waals surface area contributed by atoms with Crippen molar-refractivity contribution in [3.05, 3.63) is 48.6 Å². The van der Waals surface area contributed by atoms with Crippen LogP contribution in [0.2, 0.25) is 0 Å². The zero-order valence-corrected chi connectivity index (χ0v) is 31.8. The Morgan fingerprint density at radius 1 is 0.510 bits per heavy atom. The van der Waals surface area contributed by atoms with Gasteiger partial charge >= 0.3 is 0 Å². The summed E-state index contributed by atoms with van der Waals surface area (Å²) in [5, 5.41) is 22.4. The Hall–Kier alpha value is -1.67. The number of nitriles is 1. The van der Waals surface area contributed by atoms with Gasteiger partial charge in [-0.25, -0.2) is 0 Å². The van der Waals surface area contributed by atoms with Crippen molar-refractivity contribution in [1.82, 2.24) is 16.0 Å². The first-order valence-corrected chi connectivity index (χ1v) is 22.5. The number of nitrogens with one attached hydrogen (secondary N) is 3. The number of nitrogens with zero attached hydrogens (tertiary/aromatic N) is 1. The zero-order chi connectivity index (χ0) is 34.2. The molecule has 4 heteroatoms. The predicted octanol–water partition coefficient (Wildman–Crippen LogP) is 10.6. The Morgan fingerprint density at radius 2 is 1.16 bits per heavy atom. The molecule has 0 bridgehead atoms. The minimum atomic E-state index is 0.324. The number of rotatable bonds is 6. The molecule has 278 valence electrons. The molecule has 1 heterocycles. The van der Waals surface area contributed by atoms with Gasteiger partial charge in [-0.15, -0.1) is 0 Å². The van der Waals surface area contributed by atoms with Gasteiger partial charge in [0.1, 0.15) is 0 Å². The van der Waals surface area contributed by atoms with Crippen LogP contribution < -0.4 is 16.0 Å². The maximum atomic E-state index is 9.68. The first-order valence-electron chi connectivity index (χ1n) is 22.5. The molecule has 9 aliphatic rings. The highest BCUT2D eigenvalue weighted by Gasteiger charge is 2.66. The largest absolute Gasteiger partial charge is 0.286 e. The molecule has 4 saturated carbocycles. The summed E-state index contributed by atoms with van der Waals surface area (Å²) in [4.78, 5) is 0. The molecular weight excluding hydrogens is 621 g/mol. The molecule has 4 nitrogen and oxygen atoms in total. The number of hydrogen-bond acceptors (Lipinski definition) is 4. The van der Waals surface area contributed by atoms with Crippen molar-refractivity contribution in [2.75, 3.05) is 0 Å². The van der Waals surface area contributed by atoms with Gasteiger partial charge in [-0.05, 0) is 187 Å². The van der Waals surface area contributed by atoms with Crippen molar-refractivity contribution in [2.45, 2.75) is 160 Å². The van der Waals surface area contributed by atoms with E-state index in [1.807, 2.05) is 0 Å². The van der Waals surface area contributed by atoms with Crippen LogP contribution in [0.25, 0.3) is 0 Å². The van der Waals surface area contributed by atoms with Gasteiger partial charge in [0.15, 0.2) is 0 Å². The van der Waals surface area contributed by atoms with Gasteiger partial charge in [-0.3, -0.25) is 16.0 Å². The third-order valence-electron chi connectivity index (χ3n) is 17.3.